The van der Waals surface area contributed by atoms with Crippen LogP contribution in [0.5, 0.6) is 0 Å². The number of rotatable bonds is 10. The van der Waals surface area contributed by atoms with Crippen molar-refractivity contribution in [3.8, 4) is 0 Å². The molecule has 0 saturated heterocycles. The van der Waals surface area contributed by atoms with Crippen molar-refractivity contribution in [3.05, 3.63) is 88.0 Å². The first-order valence-electron chi connectivity index (χ1n) is 10.5. The summed E-state index contributed by atoms with van der Waals surface area (Å²) in [5.74, 6) is 0.492. The summed E-state index contributed by atoms with van der Waals surface area (Å²) >= 11 is 6.39. The van der Waals surface area contributed by atoms with Gasteiger partial charge in [0.05, 0.1) is 18.7 Å². The number of aromatic amines is 1. The normalized spacial score (nSPS) is 12.0. The summed E-state index contributed by atoms with van der Waals surface area (Å²) in [4.78, 5) is 20.9. The Hall–Kier alpha value is -2.59. The summed E-state index contributed by atoms with van der Waals surface area (Å²) in [6.45, 7) is 2.17. The monoisotopic (exact) mass is 424 g/mol. The summed E-state index contributed by atoms with van der Waals surface area (Å²) < 4.78 is 5.11. The number of carbonyl (C=O) groups excluding carboxylic acids is 1. The molecule has 4 nitrogen and oxygen atoms in total. The number of ether oxygens (including phenoxy) is 1. The number of aryl methyl sites for hydroxylation is 1. The number of esters is 1. The number of unbranched alkanes of at least 4 members (excludes halogenated alkanes) is 1. The minimum Gasteiger partial charge on any atom is -0.469 e. The Morgan fingerprint density at radius 3 is 2.53 bits per heavy atom. The third-order valence-electron chi connectivity index (χ3n) is 5.31. The Bertz CT molecular complexity index is 953. The van der Waals surface area contributed by atoms with E-state index >= 15 is 0 Å². The molecule has 1 unspecified atom stereocenters. The second-order valence-electron chi connectivity index (χ2n) is 7.59. The number of nitrogens with one attached hydrogen (secondary N) is 1. The van der Waals surface area contributed by atoms with Crippen LogP contribution in [0.25, 0.3) is 0 Å². The lowest BCUT2D eigenvalue weighted by molar-refractivity contribution is -0.145. The minimum absolute atomic E-state index is 0.202. The van der Waals surface area contributed by atoms with Gasteiger partial charge in [-0.2, -0.15) is 0 Å². The molecule has 0 aliphatic carbocycles. The van der Waals surface area contributed by atoms with Crippen LogP contribution in [-0.2, 0) is 35.2 Å². The first-order valence-corrected chi connectivity index (χ1v) is 10.9. The van der Waals surface area contributed by atoms with Gasteiger partial charge in [0.25, 0.3) is 0 Å². The van der Waals surface area contributed by atoms with E-state index in [2.05, 4.69) is 11.9 Å². The van der Waals surface area contributed by atoms with Crippen molar-refractivity contribution in [1.29, 1.82) is 0 Å². The van der Waals surface area contributed by atoms with Gasteiger partial charge in [-0.25, -0.2) is 4.98 Å². The Morgan fingerprint density at radius 2 is 1.83 bits per heavy atom. The maximum absolute atomic E-state index is 12.5. The predicted octanol–water partition coefficient (Wildman–Crippen LogP) is 5.57. The minimum atomic E-state index is -0.276. The van der Waals surface area contributed by atoms with E-state index in [-0.39, 0.29) is 11.9 Å². The molecule has 0 aliphatic heterocycles. The summed E-state index contributed by atoms with van der Waals surface area (Å²) in [6, 6.07) is 17.9. The van der Waals surface area contributed by atoms with Crippen molar-refractivity contribution in [2.75, 3.05) is 7.11 Å². The molecular formula is C25H29ClN2O2. The van der Waals surface area contributed by atoms with E-state index < -0.39 is 0 Å². The number of carbonyl (C=O) groups is 1. The lowest BCUT2D eigenvalue weighted by atomic mass is 9.93. The van der Waals surface area contributed by atoms with Crippen molar-refractivity contribution in [2.45, 2.75) is 45.4 Å². The van der Waals surface area contributed by atoms with Crippen molar-refractivity contribution in [1.82, 2.24) is 9.97 Å². The van der Waals surface area contributed by atoms with Crippen molar-refractivity contribution >= 4 is 17.6 Å². The number of H-pyrrole nitrogens is 1. The number of hydrogen-bond donors (Lipinski definition) is 1. The lowest BCUT2D eigenvalue weighted by Gasteiger charge is -2.15. The Morgan fingerprint density at radius 1 is 1.10 bits per heavy atom. The van der Waals surface area contributed by atoms with Gasteiger partial charge in [0, 0.05) is 30.0 Å². The maximum Gasteiger partial charge on any atom is 0.309 e. The van der Waals surface area contributed by atoms with E-state index in [1.54, 1.807) is 0 Å². The fourth-order valence-corrected chi connectivity index (χ4v) is 3.86. The number of halogens is 1. The van der Waals surface area contributed by atoms with E-state index in [9.17, 15) is 4.79 Å². The smallest absolute Gasteiger partial charge is 0.309 e. The van der Waals surface area contributed by atoms with Gasteiger partial charge in [0.2, 0.25) is 0 Å². The molecule has 3 rings (SSSR count). The molecule has 0 fully saturated rings. The molecule has 2 aromatic carbocycles. The van der Waals surface area contributed by atoms with E-state index in [0.29, 0.717) is 19.3 Å². The first kappa shape index (κ1) is 22.1. The highest BCUT2D eigenvalue weighted by atomic mass is 35.5. The van der Waals surface area contributed by atoms with Crippen LogP contribution in [-0.4, -0.2) is 23.0 Å². The molecule has 0 aliphatic rings. The Balaban J connectivity index is 1.87. The van der Waals surface area contributed by atoms with E-state index in [1.165, 1.54) is 7.11 Å². The summed E-state index contributed by atoms with van der Waals surface area (Å²) in [6.07, 6.45) is 4.89. The van der Waals surface area contributed by atoms with Crippen LogP contribution >= 0.6 is 11.6 Å². The largest absolute Gasteiger partial charge is 0.469 e. The van der Waals surface area contributed by atoms with Crippen LogP contribution in [0.3, 0.4) is 0 Å². The third-order valence-corrected chi connectivity index (χ3v) is 5.68. The number of methoxy groups -OCH3 is 1. The van der Waals surface area contributed by atoms with Gasteiger partial charge in [0.15, 0.2) is 0 Å². The number of imidazole rings is 1. The predicted molar refractivity (Wildman–Crippen MR) is 121 cm³/mol. The molecule has 3 aromatic rings. The van der Waals surface area contributed by atoms with Crippen LogP contribution < -0.4 is 0 Å². The number of nitrogens with zero attached hydrogens (tertiary/aromatic N) is 1. The van der Waals surface area contributed by atoms with Crippen LogP contribution in [0.1, 0.15) is 48.1 Å². The van der Waals surface area contributed by atoms with Gasteiger partial charge >= 0.3 is 5.97 Å². The van der Waals surface area contributed by atoms with Gasteiger partial charge in [-0.3, -0.25) is 4.79 Å². The molecule has 1 aromatic heterocycles. The maximum atomic E-state index is 12.5. The second kappa shape index (κ2) is 11.0. The standard InChI is InChI=1S/C25H29ClN2O2/c1-3-4-14-24-27-22(16-19-12-8-9-13-21(19)26)23(28-24)17-20(25(29)30-2)15-18-10-6-5-7-11-18/h5-13,20H,3-4,14-17H2,1-2H3,(H,27,28). The van der Waals surface area contributed by atoms with Crippen molar-refractivity contribution in [3.63, 3.8) is 0 Å². The van der Waals surface area contributed by atoms with Crippen molar-refractivity contribution < 1.29 is 9.53 Å². The van der Waals surface area contributed by atoms with E-state index in [4.69, 9.17) is 21.3 Å². The molecule has 5 heteroatoms. The topological polar surface area (TPSA) is 55.0 Å². The molecular weight excluding hydrogens is 396 g/mol. The zero-order chi connectivity index (χ0) is 21.3. The fourth-order valence-electron chi connectivity index (χ4n) is 3.66. The average Bonchev–Trinajstić information content (AvgIpc) is 3.14. The SMILES string of the molecule is CCCCc1nc(Cc2ccccc2Cl)c(CC(Cc2ccccc2)C(=O)OC)[nH]1. The molecule has 1 N–H and O–H groups in total. The second-order valence-corrected chi connectivity index (χ2v) is 8.00. The summed E-state index contributed by atoms with van der Waals surface area (Å²) in [7, 11) is 1.45. The van der Waals surface area contributed by atoms with Gasteiger partial charge in [-0.05, 0) is 30.0 Å². The summed E-state index contributed by atoms with van der Waals surface area (Å²) in [5.41, 5.74) is 4.10. The zero-order valence-electron chi connectivity index (χ0n) is 17.7. The van der Waals surface area contributed by atoms with Crippen LogP contribution in [0.15, 0.2) is 54.6 Å². The Kier molecular flexibility index (Phi) is 8.09. The van der Waals surface area contributed by atoms with Gasteiger partial charge in [-0.1, -0.05) is 73.5 Å². The zero-order valence-corrected chi connectivity index (χ0v) is 18.4. The number of aromatic nitrogens is 2. The number of hydrogen-bond acceptors (Lipinski definition) is 3. The van der Waals surface area contributed by atoms with Gasteiger partial charge in [-0.15, -0.1) is 0 Å². The summed E-state index contributed by atoms with van der Waals surface area (Å²) in [5, 5.41) is 0.732. The molecule has 0 bridgehead atoms. The average molecular weight is 425 g/mol. The molecule has 0 saturated carbocycles. The molecule has 30 heavy (non-hydrogen) atoms. The molecule has 1 atom stereocenters. The van der Waals surface area contributed by atoms with E-state index in [1.807, 2.05) is 54.6 Å². The van der Waals surface area contributed by atoms with E-state index in [0.717, 1.165) is 52.6 Å². The van der Waals surface area contributed by atoms with Gasteiger partial charge < -0.3 is 9.72 Å². The first-order chi connectivity index (χ1) is 14.6. The van der Waals surface area contributed by atoms with Crippen molar-refractivity contribution in [2.24, 2.45) is 5.92 Å². The third kappa shape index (κ3) is 5.96. The van der Waals surface area contributed by atoms with Crippen LogP contribution in [0.2, 0.25) is 5.02 Å². The lowest BCUT2D eigenvalue weighted by Crippen LogP contribution is -2.22. The highest BCUT2D eigenvalue weighted by Gasteiger charge is 2.24. The van der Waals surface area contributed by atoms with Crippen LogP contribution in [0.4, 0.5) is 0 Å². The molecule has 0 radical (unpaired) electrons. The highest BCUT2D eigenvalue weighted by molar-refractivity contribution is 6.31. The highest BCUT2D eigenvalue weighted by Crippen LogP contribution is 2.23. The number of benzene rings is 2. The fraction of sp³-hybridized carbons (Fsp3) is 0.360. The molecule has 0 amide bonds. The molecule has 158 valence electrons. The van der Waals surface area contributed by atoms with Crippen LogP contribution in [0, 0.1) is 5.92 Å². The quantitative estimate of drug-likeness (QED) is 0.433. The van der Waals surface area contributed by atoms with Gasteiger partial charge in [0.1, 0.15) is 5.82 Å². The molecule has 0 spiro atoms. The molecule has 1 heterocycles. The Labute approximate surface area is 183 Å².